The van der Waals surface area contributed by atoms with Crippen LogP contribution in [-0.2, 0) is 21.2 Å². The molecule has 0 unspecified atom stereocenters. The number of benzene rings is 1. The van der Waals surface area contributed by atoms with Crippen molar-refractivity contribution in [2.45, 2.75) is 25.2 Å². The number of fused-ring (bicyclic) bond motifs is 1. The Balaban J connectivity index is 1.46. The monoisotopic (exact) mass is 449 g/mol. The lowest BCUT2D eigenvalue weighted by atomic mass is 10.2. The Labute approximate surface area is 179 Å². The maximum Gasteiger partial charge on any atom is 0.264 e. The summed E-state index contributed by atoms with van der Waals surface area (Å²) in [6.45, 7) is 5.10. The van der Waals surface area contributed by atoms with E-state index in [1.54, 1.807) is 11.0 Å². The fraction of sp³-hybridized carbons (Fsp3) is 0.400. The molecule has 2 aliphatic heterocycles. The molecule has 3 heterocycles. The van der Waals surface area contributed by atoms with Crippen LogP contribution in [0.5, 0.6) is 5.75 Å². The van der Waals surface area contributed by atoms with E-state index < -0.39 is 10.0 Å². The van der Waals surface area contributed by atoms with E-state index in [4.69, 9.17) is 4.74 Å². The van der Waals surface area contributed by atoms with Crippen LogP contribution in [0.4, 0.5) is 5.69 Å². The first-order valence-corrected chi connectivity index (χ1v) is 12.0. The summed E-state index contributed by atoms with van der Waals surface area (Å²) >= 11 is 1.49. The summed E-state index contributed by atoms with van der Waals surface area (Å²) in [6, 6.07) is 6.38. The molecule has 0 radical (unpaired) electrons. The van der Waals surface area contributed by atoms with Gasteiger partial charge in [0.2, 0.25) is 10.0 Å². The Morgan fingerprint density at radius 1 is 1.20 bits per heavy atom. The first kappa shape index (κ1) is 20.8. The predicted octanol–water partition coefficient (Wildman–Crippen LogP) is 2.10. The SMILES string of the molecule is CCc1cc(C(=O)N2CCN(S(=O)(=O)c3ccc4c(c3)NC(=O)CO4)CC2)sc1C. The number of nitrogens with one attached hydrogen (secondary N) is 1. The second-order valence-corrected chi connectivity index (χ2v) is 10.4. The molecule has 0 aliphatic carbocycles. The van der Waals surface area contributed by atoms with Crippen LogP contribution in [0.15, 0.2) is 29.2 Å². The second-order valence-electron chi connectivity index (χ2n) is 7.24. The number of nitrogens with zero attached hydrogens (tertiary/aromatic N) is 2. The number of amides is 2. The number of sulfonamides is 1. The number of ether oxygens (including phenoxy) is 1. The zero-order valence-electron chi connectivity index (χ0n) is 16.8. The van der Waals surface area contributed by atoms with Gasteiger partial charge in [0.05, 0.1) is 15.5 Å². The van der Waals surface area contributed by atoms with Crippen molar-refractivity contribution >= 4 is 38.9 Å². The van der Waals surface area contributed by atoms with E-state index in [1.165, 1.54) is 33.3 Å². The van der Waals surface area contributed by atoms with Gasteiger partial charge in [-0.15, -0.1) is 11.3 Å². The average molecular weight is 450 g/mol. The number of rotatable bonds is 4. The van der Waals surface area contributed by atoms with Gasteiger partial charge in [0, 0.05) is 31.1 Å². The van der Waals surface area contributed by atoms with Crippen molar-refractivity contribution in [2.75, 3.05) is 38.1 Å². The zero-order valence-corrected chi connectivity index (χ0v) is 18.4. The van der Waals surface area contributed by atoms with Crippen LogP contribution in [0.1, 0.15) is 27.0 Å². The maximum absolute atomic E-state index is 13.1. The van der Waals surface area contributed by atoms with Crippen LogP contribution in [0.2, 0.25) is 0 Å². The third-order valence-electron chi connectivity index (χ3n) is 5.36. The molecule has 10 heteroatoms. The van der Waals surface area contributed by atoms with Gasteiger partial charge in [0.25, 0.3) is 11.8 Å². The van der Waals surface area contributed by atoms with Crippen LogP contribution < -0.4 is 10.1 Å². The van der Waals surface area contributed by atoms with Gasteiger partial charge >= 0.3 is 0 Å². The fourth-order valence-corrected chi connectivity index (χ4v) is 6.17. The van der Waals surface area contributed by atoms with Crippen molar-refractivity contribution in [3.8, 4) is 5.75 Å². The Hall–Kier alpha value is -2.43. The van der Waals surface area contributed by atoms with Gasteiger partial charge in [0.1, 0.15) is 5.75 Å². The van der Waals surface area contributed by atoms with Crippen LogP contribution in [-0.4, -0.2) is 62.2 Å². The Bertz CT molecular complexity index is 1100. The molecule has 1 N–H and O–H groups in total. The number of anilines is 1. The number of thiophene rings is 1. The van der Waals surface area contributed by atoms with Gasteiger partial charge < -0.3 is 15.0 Å². The molecule has 1 aromatic carbocycles. The van der Waals surface area contributed by atoms with Gasteiger partial charge in [-0.3, -0.25) is 9.59 Å². The minimum Gasteiger partial charge on any atom is -0.482 e. The quantitative estimate of drug-likeness (QED) is 0.771. The summed E-state index contributed by atoms with van der Waals surface area (Å²) < 4.78 is 32.8. The minimum atomic E-state index is -3.74. The highest BCUT2D eigenvalue weighted by Gasteiger charge is 2.32. The number of piperazine rings is 1. The van der Waals surface area contributed by atoms with Gasteiger partial charge in [-0.1, -0.05) is 6.92 Å². The molecule has 2 aromatic rings. The standard InChI is InChI=1S/C20H23N3O5S2/c1-3-14-10-18(29-13(14)2)20(25)22-6-8-23(9-7-22)30(26,27)15-4-5-17-16(11-15)21-19(24)12-28-17/h4-5,10-11H,3,6-9,12H2,1-2H3,(H,21,24). The van der Waals surface area contributed by atoms with Gasteiger partial charge in [-0.05, 0) is 43.2 Å². The highest BCUT2D eigenvalue weighted by molar-refractivity contribution is 7.89. The number of hydrogen-bond acceptors (Lipinski definition) is 6. The smallest absolute Gasteiger partial charge is 0.264 e. The van der Waals surface area contributed by atoms with E-state index in [-0.39, 0.29) is 36.4 Å². The Kier molecular flexibility index (Phi) is 5.56. The zero-order chi connectivity index (χ0) is 21.5. The first-order valence-electron chi connectivity index (χ1n) is 9.75. The van der Waals surface area contributed by atoms with Crippen molar-refractivity contribution in [3.63, 3.8) is 0 Å². The van der Waals surface area contributed by atoms with E-state index in [0.717, 1.165) is 11.3 Å². The van der Waals surface area contributed by atoms with Crippen LogP contribution in [0.25, 0.3) is 0 Å². The molecule has 0 spiro atoms. The van der Waals surface area contributed by atoms with Gasteiger partial charge in [-0.2, -0.15) is 4.31 Å². The van der Waals surface area contributed by atoms with E-state index in [1.807, 2.05) is 13.0 Å². The third-order valence-corrected chi connectivity index (χ3v) is 8.34. The van der Waals surface area contributed by atoms with Crippen molar-refractivity contribution in [1.82, 2.24) is 9.21 Å². The van der Waals surface area contributed by atoms with Gasteiger partial charge in [0.15, 0.2) is 6.61 Å². The molecular formula is C20H23N3O5S2. The van der Waals surface area contributed by atoms with E-state index >= 15 is 0 Å². The molecule has 1 aromatic heterocycles. The highest BCUT2D eigenvalue weighted by Crippen LogP contribution is 2.31. The average Bonchev–Trinajstić information content (AvgIpc) is 3.13. The lowest BCUT2D eigenvalue weighted by Crippen LogP contribution is -2.50. The molecule has 0 atom stereocenters. The number of carbonyl (C=O) groups excluding carboxylic acids is 2. The van der Waals surface area contributed by atoms with Crippen LogP contribution in [0, 0.1) is 6.92 Å². The molecule has 1 saturated heterocycles. The Morgan fingerprint density at radius 3 is 2.60 bits per heavy atom. The Morgan fingerprint density at radius 2 is 1.93 bits per heavy atom. The van der Waals surface area contributed by atoms with Gasteiger partial charge in [-0.25, -0.2) is 8.42 Å². The molecule has 8 nitrogen and oxygen atoms in total. The first-order chi connectivity index (χ1) is 14.3. The van der Waals surface area contributed by atoms with Crippen LogP contribution in [0.3, 0.4) is 0 Å². The molecule has 4 rings (SSSR count). The fourth-order valence-electron chi connectivity index (χ4n) is 3.64. The van der Waals surface area contributed by atoms with Crippen molar-refractivity contribution in [3.05, 3.63) is 39.6 Å². The van der Waals surface area contributed by atoms with E-state index in [2.05, 4.69) is 12.2 Å². The number of carbonyl (C=O) groups is 2. The van der Waals surface area contributed by atoms with E-state index in [0.29, 0.717) is 29.4 Å². The van der Waals surface area contributed by atoms with Crippen molar-refractivity contribution < 1.29 is 22.7 Å². The number of hydrogen-bond donors (Lipinski definition) is 1. The lowest BCUT2D eigenvalue weighted by Gasteiger charge is -2.34. The number of aryl methyl sites for hydroxylation is 2. The second kappa shape index (κ2) is 8.01. The topological polar surface area (TPSA) is 96.0 Å². The maximum atomic E-state index is 13.1. The molecule has 160 valence electrons. The predicted molar refractivity (Wildman–Crippen MR) is 114 cm³/mol. The molecule has 0 saturated carbocycles. The van der Waals surface area contributed by atoms with Crippen LogP contribution >= 0.6 is 11.3 Å². The molecular weight excluding hydrogens is 426 g/mol. The highest BCUT2D eigenvalue weighted by atomic mass is 32.2. The van der Waals surface area contributed by atoms with Crippen molar-refractivity contribution in [1.29, 1.82) is 0 Å². The molecule has 2 amide bonds. The molecule has 2 aliphatic rings. The van der Waals surface area contributed by atoms with E-state index in [9.17, 15) is 18.0 Å². The minimum absolute atomic E-state index is 0.0477. The normalized spacial score (nSPS) is 17.3. The lowest BCUT2D eigenvalue weighted by molar-refractivity contribution is -0.118. The third kappa shape index (κ3) is 3.82. The summed E-state index contributed by atoms with van der Waals surface area (Å²) in [5.41, 5.74) is 1.52. The largest absolute Gasteiger partial charge is 0.482 e. The molecule has 1 fully saturated rings. The summed E-state index contributed by atoms with van der Waals surface area (Å²) in [5.74, 6) is 0.0781. The summed E-state index contributed by atoms with van der Waals surface area (Å²) in [7, 11) is -3.74. The summed E-state index contributed by atoms with van der Waals surface area (Å²) in [6.07, 6.45) is 0.883. The summed E-state index contributed by atoms with van der Waals surface area (Å²) in [4.78, 5) is 28.0. The molecule has 0 bridgehead atoms. The van der Waals surface area contributed by atoms with Crippen molar-refractivity contribution in [2.24, 2.45) is 0 Å². The molecule has 30 heavy (non-hydrogen) atoms. The summed E-state index contributed by atoms with van der Waals surface area (Å²) in [5, 5.41) is 2.63.